The van der Waals surface area contributed by atoms with E-state index in [0.29, 0.717) is 22.3 Å². The van der Waals surface area contributed by atoms with E-state index in [2.05, 4.69) is 20.8 Å². The van der Waals surface area contributed by atoms with E-state index in [1.54, 1.807) is 31.4 Å². The van der Waals surface area contributed by atoms with Crippen LogP contribution in [0.2, 0.25) is 0 Å². The summed E-state index contributed by atoms with van der Waals surface area (Å²) in [5, 5.41) is 15.1. The highest BCUT2D eigenvalue weighted by Crippen LogP contribution is 2.24. The lowest BCUT2D eigenvalue weighted by atomic mass is 10.0. The van der Waals surface area contributed by atoms with Crippen molar-refractivity contribution < 1.29 is 14.3 Å². The third-order valence-electron chi connectivity index (χ3n) is 4.30. The maximum absolute atomic E-state index is 12.7. The Balaban J connectivity index is 2.10. The Labute approximate surface area is 182 Å². The molecule has 0 aliphatic carbocycles. The van der Waals surface area contributed by atoms with Crippen LogP contribution in [-0.2, 0) is 11.8 Å². The number of benzene rings is 1. The molecule has 30 heavy (non-hydrogen) atoms. The highest BCUT2D eigenvalue weighted by Gasteiger charge is 2.25. The maximum atomic E-state index is 12.7. The van der Waals surface area contributed by atoms with Crippen molar-refractivity contribution in [3.63, 3.8) is 0 Å². The first-order chi connectivity index (χ1) is 14.0. The molecule has 0 bridgehead atoms. The number of carbonyl (C=O) groups excluding carboxylic acids is 2. The monoisotopic (exact) mass is 433 g/mol. The van der Waals surface area contributed by atoms with Gasteiger partial charge in [-0.1, -0.05) is 25.6 Å². The lowest BCUT2D eigenvalue weighted by Crippen LogP contribution is -2.41. The third-order valence-corrected chi connectivity index (χ3v) is 5.32. The molecule has 0 saturated carbocycles. The maximum Gasteiger partial charge on any atom is 0.251 e. The van der Waals surface area contributed by atoms with Crippen LogP contribution >= 0.6 is 11.8 Å². The summed E-state index contributed by atoms with van der Waals surface area (Å²) >= 11 is 1.32. The first-order valence-corrected chi connectivity index (χ1v) is 10.8. The van der Waals surface area contributed by atoms with Crippen molar-refractivity contribution in [3.8, 4) is 5.75 Å². The molecule has 0 saturated heterocycles. The number of aromatic nitrogens is 3. The molecule has 1 heterocycles. The number of nitrogens with one attached hydrogen (secondary N) is 2. The van der Waals surface area contributed by atoms with Gasteiger partial charge >= 0.3 is 0 Å². The molecule has 0 aliphatic heterocycles. The zero-order valence-corrected chi connectivity index (χ0v) is 19.5. The molecular weight excluding hydrogens is 402 g/mol. The van der Waals surface area contributed by atoms with Gasteiger partial charge in [-0.2, -0.15) is 0 Å². The van der Waals surface area contributed by atoms with E-state index < -0.39 is 0 Å². The molecule has 2 aromatic rings. The molecule has 2 amide bonds. The van der Waals surface area contributed by atoms with E-state index in [9.17, 15) is 9.59 Å². The highest BCUT2D eigenvalue weighted by molar-refractivity contribution is 7.99. The lowest BCUT2D eigenvalue weighted by molar-refractivity contribution is -0.119. The zero-order chi connectivity index (χ0) is 22.5. The van der Waals surface area contributed by atoms with Crippen LogP contribution in [0, 0.1) is 5.92 Å². The van der Waals surface area contributed by atoms with E-state index >= 15 is 0 Å². The topological polar surface area (TPSA) is 98.1 Å². The van der Waals surface area contributed by atoms with Gasteiger partial charge in [-0.05, 0) is 51.0 Å². The summed E-state index contributed by atoms with van der Waals surface area (Å²) in [6.07, 6.45) is 0. The van der Waals surface area contributed by atoms with Gasteiger partial charge in [0.05, 0.1) is 18.9 Å². The highest BCUT2D eigenvalue weighted by atomic mass is 32.2. The SMILES string of the molecule is COc1ccc(C(=O)N[C@@H](c2nnc(SCC(=O)NC(C)(C)C)n2C)C(C)C)cc1. The number of hydrogen-bond donors (Lipinski definition) is 2. The van der Waals surface area contributed by atoms with Crippen LogP contribution in [0.4, 0.5) is 0 Å². The second-order valence-electron chi connectivity index (χ2n) is 8.41. The van der Waals surface area contributed by atoms with Crippen LogP contribution in [0.3, 0.4) is 0 Å². The molecule has 0 fully saturated rings. The average Bonchev–Trinajstić information content (AvgIpc) is 3.03. The molecule has 9 heteroatoms. The summed E-state index contributed by atoms with van der Waals surface area (Å²) in [6, 6.07) is 6.61. The van der Waals surface area contributed by atoms with Crippen LogP contribution in [0.25, 0.3) is 0 Å². The van der Waals surface area contributed by atoms with Crippen molar-refractivity contribution in [2.75, 3.05) is 12.9 Å². The second kappa shape index (κ2) is 9.97. The molecule has 0 spiro atoms. The van der Waals surface area contributed by atoms with Gasteiger partial charge < -0.3 is 19.9 Å². The molecule has 0 aliphatic rings. The number of carbonyl (C=O) groups is 2. The molecule has 2 rings (SSSR count). The van der Waals surface area contributed by atoms with Gasteiger partial charge in [0.1, 0.15) is 5.75 Å². The quantitative estimate of drug-likeness (QED) is 0.621. The lowest BCUT2D eigenvalue weighted by Gasteiger charge is -2.22. The van der Waals surface area contributed by atoms with Crippen LogP contribution in [0.1, 0.15) is 56.8 Å². The summed E-state index contributed by atoms with van der Waals surface area (Å²) in [5.74, 6) is 1.41. The first-order valence-electron chi connectivity index (χ1n) is 9.80. The van der Waals surface area contributed by atoms with Crippen LogP contribution in [-0.4, -0.2) is 45.0 Å². The number of nitrogens with zero attached hydrogens (tertiary/aromatic N) is 3. The molecule has 2 N–H and O–H groups in total. The molecule has 8 nitrogen and oxygen atoms in total. The second-order valence-corrected chi connectivity index (χ2v) is 9.35. The molecule has 1 aromatic carbocycles. The number of rotatable bonds is 8. The van der Waals surface area contributed by atoms with Crippen molar-refractivity contribution in [1.29, 1.82) is 0 Å². The van der Waals surface area contributed by atoms with E-state index in [1.807, 2.05) is 46.2 Å². The van der Waals surface area contributed by atoms with E-state index in [-0.39, 0.29) is 35.1 Å². The normalized spacial score (nSPS) is 12.5. The third kappa shape index (κ3) is 6.48. The number of ether oxygens (including phenoxy) is 1. The standard InChI is InChI=1S/C21H31N5O3S/c1-13(2)17(22-19(28)14-8-10-15(29-7)11-9-14)18-24-25-20(26(18)6)30-12-16(27)23-21(3,4)5/h8-11,13,17H,12H2,1-7H3,(H,22,28)(H,23,27)/t17-/m1/s1. The molecule has 1 atom stereocenters. The van der Waals surface area contributed by atoms with Gasteiger partial charge in [0.15, 0.2) is 11.0 Å². The van der Waals surface area contributed by atoms with Gasteiger partial charge in [-0.15, -0.1) is 10.2 Å². The Bertz CT molecular complexity index is 872. The van der Waals surface area contributed by atoms with Gasteiger partial charge in [-0.25, -0.2) is 0 Å². The smallest absolute Gasteiger partial charge is 0.251 e. The summed E-state index contributed by atoms with van der Waals surface area (Å²) in [4.78, 5) is 24.8. The number of methoxy groups -OCH3 is 1. The molecule has 0 unspecified atom stereocenters. The predicted molar refractivity (Wildman–Crippen MR) is 118 cm³/mol. The Kier molecular flexibility index (Phi) is 7.89. The minimum atomic E-state index is -0.324. The van der Waals surface area contributed by atoms with Crippen LogP contribution in [0.15, 0.2) is 29.4 Å². The zero-order valence-electron chi connectivity index (χ0n) is 18.6. The van der Waals surface area contributed by atoms with Crippen molar-refractivity contribution in [2.24, 2.45) is 13.0 Å². The van der Waals surface area contributed by atoms with Crippen molar-refractivity contribution in [2.45, 2.75) is 51.4 Å². The van der Waals surface area contributed by atoms with Crippen molar-refractivity contribution >= 4 is 23.6 Å². The summed E-state index contributed by atoms with van der Waals surface area (Å²) in [5.41, 5.74) is 0.258. The number of thioether (sulfide) groups is 1. The Hall–Kier alpha value is -2.55. The van der Waals surface area contributed by atoms with Gasteiger partial charge in [0.25, 0.3) is 5.91 Å². The molecular formula is C21H31N5O3S. The minimum absolute atomic E-state index is 0.0646. The van der Waals surface area contributed by atoms with E-state index in [1.165, 1.54) is 11.8 Å². The van der Waals surface area contributed by atoms with Crippen molar-refractivity contribution in [3.05, 3.63) is 35.7 Å². The fourth-order valence-electron chi connectivity index (χ4n) is 2.80. The molecule has 1 aromatic heterocycles. The fourth-order valence-corrected chi connectivity index (χ4v) is 3.52. The van der Waals surface area contributed by atoms with Gasteiger partial charge in [0, 0.05) is 18.2 Å². The number of hydrogen-bond acceptors (Lipinski definition) is 6. The Morgan fingerprint density at radius 2 is 1.80 bits per heavy atom. The minimum Gasteiger partial charge on any atom is -0.497 e. The van der Waals surface area contributed by atoms with E-state index in [4.69, 9.17) is 4.74 Å². The Morgan fingerprint density at radius 3 is 2.33 bits per heavy atom. The van der Waals surface area contributed by atoms with Gasteiger partial charge in [-0.3, -0.25) is 9.59 Å². The summed E-state index contributed by atoms with van der Waals surface area (Å²) in [6.45, 7) is 9.84. The van der Waals surface area contributed by atoms with Crippen LogP contribution < -0.4 is 15.4 Å². The average molecular weight is 434 g/mol. The predicted octanol–water partition coefficient (Wildman–Crippen LogP) is 2.96. The molecule has 164 valence electrons. The van der Waals surface area contributed by atoms with Crippen molar-refractivity contribution in [1.82, 2.24) is 25.4 Å². The largest absolute Gasteiger partial charge is 0.497 e. The number of amides is 2. The summed E-state index contributed by atoms with van der Waals surface area (Å²) < 4.78 is 6.97. The van der Waals surface area contributed by atoms with Gasteiger partial charge in [0.2, 0.25) is 5.91 Å². The van der Waals surface area contributed by atoms with Crippen LogP contribution in [0.5, 0.6) is 5.75 Å². The first kappa shape index (κ1) is 23.7. The Morgan fingerprint density at radius 1 is 1.17 bits per heavy atom. The summed E-state index contributed by atoms with van der Waals surface area (Å²) in [7, 11) is 3.43. The van der Waals surface area contributed by atoms with E-state index in [0.717, 1.165) is 0 Å². The fraction of sp³-hybridized carbons (Fsp3) is 0.524. The molecule has 0 radical (unpaired) electrons.